The van der Waals surface area contributed by atoms with Crippen molar-refractivity contribution in [2.24, 2.45) is 0 Å². The number of benzene rings is 2. The van der Waals surface area contributed by atoms with Gasteiger partial charge >= 0.3 is 0 Å². The van der Waals surface area contributed by atoms with Gasteiger partial charge in [0.15, 0.2) is 0 Å². The lowest BCUT2D eigenvalue weighted by Gasteiger charge is -2.21. The molecule has 0 saturated carbocycles. The van der Waals surface area contributed by atoms with Crippen molar-refractivity contribution < 1.29 is 9.84 Å². The van der Waals surface area contributed by atoms with Crippen LogP contribution in [0.15, 0.2) is 48.5 Å². The maximum atomic E-state index is 9.41. The predicted octanol–water partition coefficient (Wildman–Crippen LogP) is 4.24. The zero-order valence-corrected chi connectivity index (χ0v) is 14.5. The monoisotopic (exact) mass is 313 g/mol. The number of phenols is 1. The number of rotatable bonds is 7. The summed E-state index contributed by atoms with van der Waals surface area (Å²) in [7, 11) is 4.08. The first-order valence-corrected chi connectivity index (χ1v) is 8.14. The Kier molecular flexibility index (Phi) is 6.05. The molecule has 0 spiro atoms. The van der Waals surface area contributed by atoms with Gasteiger partial charge < -0.3 is 14.7 Å². The standard InChI is InChI=1S/C20H27NO2/c1-15(17-5-9-19(22)10-6-17)16(2)18-7-11-20(12-8-18)23-14-13-21(3)4/h5-12,15-16,22H,13-14H2,1-4H3/t15-,16+/m1/s1. The van der Waals surface area contributed by atoms with Crippen LogP contribution in [0.1, 0.15) is 36.8 Å². The van der Waals surface area contributed by atoms with Gasteiger partial charge in [0.25, 0.3) is 0 Å². The molecule has 0 amide bonds. The van der Waals surface area contributed by atoms with Gasteiger partial charge in [-0.2, -0.15) is 0 Å². The number of aromatic hydroxyl groups is 1. The molecule has 0 unspecified atom stereocenters. The normalized spacial score (nSPS) is 13.8. The number of ether oxygens (including phenoxy) is 1. The smallest absolute Gasteiger partial charge is 0.119 e. The first-order chi connectivity index (χ1) is 11.0. The molecule has 2 aromatic rings. The van der Waals surface area contributed by atoms with Crippen molar-refractivity contribution in [1.82, 2.24) is 4.90 Å². The minimum atomic E-state index is 0.313. The molecule has 1 N–H and O–H groups in total. The Bertz CT molecular complexity index is 590. The van der Waals surface area contributed by atoms with Crippen molar-refractivity contribution in [3.05, 3.63) is 59.7 Å². The van der Waals surface area contributed by atoms with E-state index in [1.54, 1.807) is 12.1 Å². The molecule has 0 heterocycles. The molecule has 0 aliphatic rings. The number of hydrogen-bond donors (Lipinski definition) is 1. The molecule has 2 aromatic carbocycles. The Hall–Kier alpha value is -2.00. The van der Waals surface area contributed by atoms with Crippen LogP contribution < -0.4 is 4.74 Å². The lowest BCUT2D eigenvalue weighted by molar-refractivity contribution is 0.261. The Balaban J connectivity index is 1.99. The summed E-state index contributed by atoms with van der Waals surface area (Å²) in [6, 6.07) is 15.9. The van der Waals surface area contributed by atoms with E-state index < -0.39 is 0 Å². The van der Waals surface area contributed by atoms with Gasteiger partial charge in [0.1, 0.15) is 18.1 Å². The summed E-state index contributed by atoms with van der Waals surface area (Å²) in [4.78, 5) is 2.11. The maximum Gasteiger partial charge on any atom is 0.119 e. The van der Waals surface area contributed by atoms with Gasteiger partial charge in [0, 0.05) is 6.54 Å². The molecule has 3 heteroatoms. The average molecular weight is 313 g/mol. The highest BCUT2D eigenvalue weighted by Gasteiger charge is 2.16. The van der Waals surface area contributed by atoms with Crippen LogP contribution in [-0.4, -0.2) is 37.3 Å². The summed E-state index contributed by atoms with van der Waals surface area (Å²) in [6.07, 6.45) is 0. The summed E-state index contributed by atoms with van der Waals surface area (Å²) in [5, 5.41) is 9.41. The number of nitrogens with zero attached hydrogens (tertiary/aromatic N) is 1. The number of hydrogen-bond acceptors (Lipinski definition) is 3. The third-order valence-electron chi connectivity index (χ3n) is 4.38. The SMILES string of the molecule is C[C@H](c1ccc(OCCN(C)C)cc1)[C@@H](C)c1ccc(O)cc1. The van der Waals surface area contributed by atoms with Crippen molar-refractivity contribution in [3.8, 4) is 11.5 Å². The second-order valence-corrected chi connectivity index (χ2v) is 6.39. The zero-order chi connectivity index (χ0) is 16.8. The summed E-state index contributed by atoms with van der Waals surface area (Å²) >= 11 is 0. The molecule has 23 heavy (non-hydrogen) atoms. The van der Waals surface area contributed by atoms with Crippen LogP contribution in [0.2, 0.25) is 0 Å². The lowest BCUT2D eigenvalue weighted by atomic mass is 9.84. The van der Waals surface area contributed by atoms with Gasteiger partial charge in [0.2, 0.25) is 0 Å². The molecule has 124 valence electrons. The van der Waals surface area contributed by atoms with Crippen molar-refractivity contribution in [3.63, 3.8) is 0 Å². The van der Waals surface area contributed by atoms with Crippen LogP contribution in [0.4, 0.5) is 0 Å². The van der Waals surface area contributed by atoms with E-state index in [0.29, 0.717) is 24.2 Å². The molecule has 0 aromatic heterocycles. The fourth-order valence-electron chi connectivity index (χ4n) is 2.57. The molecule has 0 saturated heterocycles. The highest BCUT2D eigenvalue weighted by molar-refractivity contribution is 5.34. The molecule has 0 aliphatic heterocycles. The molecular weight excluding hydrogens is 286 g/mol. The van der Waals surface area contributed by atoms with E-state index in [0.717, 1.165) is 12.3 Å². The lowest BCUT2D eigenvalue weighted by Crippen LogP contribution is -2.19. The van der Waals surface area contributed by atoms with Crippen molar-refractivity contribution >= 4 is 0 Å². The average Bonchev–Trinajstić information content (AvgIpc) is 2.54. The van der Waals surface area contributed by atoms with E-state index in [1.165, 1.54) is 11.1 Å². The Morgan fingerprint density at radius 2 is 1.35 bits per heavy atom. The van der Waals surface area contributed by atoms with Gasteiger partial charge in [-0.05, 0) is 61.3 Å². The summed E-state index contributed by atoms with van der Waals surface area (Å²) in [6.45, 7) is 6.07. The number of likely N-dealkylation sites (N-methyl/N-ethyl adjacent to an activating group) is 1. The predicted molar refractivity (Wildman–Crippen MR) is 95.4 cm³/mol. The highest BCUT2D eigenvalue weighted by Crippen LogP contribution is 2.33. The summed E-state index contributed by atoms with van der Waals surface area (Å²) < 4.78 is 5.74. The Morgan fingerprint density at radius 1 is 0.870 bits per heavy atom. The molecule has 2 rings (SSSR count). The van der Waals surface area contributed by atoms with E-state index >= 15 is 0 Å². The summed E-state index contributed by atoms with van der Waals surface area (Å²) in [5.74, 6) is 2.01. The molecule has 0 radical (unpaired) electrons. The molecular formula is C20H27NO2. The van der Waals surface area contributed by atoms with Crippen LogP contribution in [-0.2, 0) is 0 Å². The van der Waals surface area contributed by atoms with Gasteiger partial charge in [-0.25, -0.2) is 0 Å². The van der Waals surface area contributed by atoms with E-state index in [4.69, 9.17) is 4.74 Å². The topological polar surface area (TPSA) is 32.7 Å². The van der Waals surface area contributed by atoms with E-state index in [1.807, 2.05) is 38.4 Å². The van der Waals surface area contributed by atoms with Gasteiger partial charge in [0.05, 0.1) is 0 Å². The Labute approximate surface area is 139 Å². The van der Waals surface area contributed by atoms with E-state index in [-0.39, 0.29) is 0 Å². The molecule has 0 fully saturated rings. The van der Waals surface area contributed by atoms with Crippen LogP contribution in [0.25, 0.3) is 0 Å². The fourth-order valence-corrected chi connectivity index (χ4v) is 2.57. The summed E-state index contributed by atoms with van der Waals surface area (Å²) in [5.41, 5.74) is 2.53. The first kappa shape index (κ1) is 17.4. The van der Waals surface area contributed by atoms with E-state index in [2.05, 4.69) is 30.9 Å². The highest BCUT2D eigenvalue weighted by atomic mass is 16.5. The van der Waals surface area contributed by atoms with Crippen molar-refractivity contribution in [1.29, 1.82) is 0 Å². The largest absolute Gasteiger partial charge is 0.508 e. The van der Waals surface area contributed by atoms with Gasteiger partial charge in [-0.15, -0.1) is 0 Å². The molecule has 3 nitrogen and oxygen atoms in total. The Morgan fingerprint density at radius 3 is 1.83 bits per heavy atom. The van der Waals surface area contributed by atoms with Crippen LogP contribution in [0, 0.1) is 0 Å². The third-order valence-corrected chi connectivity index (χ3v) is 4.38. The zero-order valence-electron chi connectivity index (χ0n) is 14.5. The van der Waals surface area contributed by atoms with Crippen LogP contribution >= 0.6 is 0 Å². The van der Waals surface area contributed by atoms with Crippen LogP contribution in [0.5, 0.6) is 11.5 Å². The fraction of sp³-hybridized carbons (Fsp3) is 0.400. The third kappa shape index (κ3) is 5.00. The van der Waals surface area contributed by atoms with Crippen molar-refractivity contribution in [2.45, 2.75) is 25.7 Å². The second kappa shape index (κ2) is 8.02. The van der Waals surface area contributed by atoms with Gasteiger partial charge in [-0.3, -0.25) is 0 Å². The second-order valence-electron chi connectivity index (χ2n) is 6.39. The minimum Gasteiger partial charge on any atom is -0.508 e. The van der Waals surface area contributed by atoms with Crippen molar-refractivity contribution in [2.75, 3.05) is 27.2 Å². The minimum absolute atomic E-state index is 0.313. The van der Waals surface area contributed by atoms with E-state index in [9.17, 15) is 5.11 Å². The number of phenolic OH excluding ortho intramolecular Hbond substituents is 1. The molecule has 0 aliphatic carbocycles. The van der Waals surface area contributed by atoms with Gasteiger partial charge in [-0.1, -0.05) is 38.1 Å². The first-order valence-electron chi connectivity index (χ1n) is 8.14. The maximum absolute atomic E-state index is 9.41. The quantitative estimate of drug-likeness (QED) is 0.830. The molecule has 2 atom stereocenters. The molecule has 0 bridgehead atoms. The van der Waals surface area contributed by atoms with Crippen LogP contribution in [0.3, 0.4) is 0 Å².